The second-order valence-corrected chi connectivity index (χ2v) is 5.84. The average molecular weight is 337 g/mol. The van der Waals surface area contributed by atoms with Gasteiger partial charge < -0.3 is 24.8 Å². The van der Waals surface area contributed by atoms with E-state index in [1.165, 1.54) is 5.56 Å². The largest absolute Gasteiger partial charge is 0.493 e. The Morgan fingerprint density at radius 2 is 2.00 bits per heavy atom. The van der Waals surface area contributed by atoms with Crippen molar-refractivity contribution >= 4 is 5.96 Å². The first-order valence-electron chi connectivity index (χ1n) is 8.36. The number of methoxy groups -OCH3 is 2. The lowest BCUT2D eigenvalue weighted by molar-refractivity contribution is 0.241. The van der Waals surface area contributed by atoms with Crippen LogP contribution in [0.15, 0.2) is 23.2 Å². The molecule has 0 aliphatic carbocycles. The number of nitrogens with one attached hydrogen (secondary N) is 1. The Morgan fingerprint density at radius 1 is 1.29 bits per heavy atom. The third kappa shape index (κ3) is 6.28. The molecule has 0 amide bonds. The highest BCUT2D eigenvalue weighted by Gasteiger charge is 2.09. The van der Waals surface area contributed by atoms with Crippen LogP contribution >= 0.6 is 0 Å². The molecule has 1 aromatic rings. The number of hydrogen-bond acceptors (Lipinski definition) is 4. The monoisotopic (exact) mass is 337 g/mol. The molecule has 0 fully saturated rings. The van der Waals surface area contributed by atoms with Gasteiger partial charge in [0.2, 0.25) is 0 Å². The number of aliphatic hydroxyl groups is 1. The lowest BCUT2D eigenvalue weighted by Crippen LogP contribution is -2.40. The first-order valence-corrected chi connectivity index (χ1v) is 8.36. The number of rotatable bonds is 9. The molecule has 0 heterocycles. The molecule has 1 aromatic carbocycles. The van der Waals surface area contributed by atoms with Crippen molar-refractivity contribution in [1.29, 1.82) is 0 Å². The van der Waals surface area contributed by atoms with E-state index in [-0.39, 0.29) is 12.5 Å². The number of likely N-dealkylation sites (N-methyl/N-ethyl adjacent to an activating group) is 1. The van der Waals surface area contributed by atoms with E-state index in [2.05, 4.69) is 15.2 Å². The summed E-state index contributed by atoms with van der Waals surface area (Å²) in [6.45, 7) is 6.43. The van der Waals surface area contributed by atoms with Gasteiger partial charge in [0.15, 0.2) is 17.5 Å². The van der Waals surface area contributed by atoms with Gasteiger partial charge in [-0.1, -0.05) is 13.0 Å². The number of hydrogen-bond donors (Lipinski definition) is 2. The second-order valence-electron chi connectivity index (χ2n) is 5.84. The quantitative estimate of drug-likeness (QED) is 0.531. The number of benzene rings is 1. The molecule has 24 heavy (non-hydrogen) atoms. The predicted molar refractivity (Wildman–Crippen MR) is 98.1 cm³/mol. The number of nitrogens with zero attached hydrogens (tertiary/aromatic N) is 2. The van der Waals surface area contributed by atoms with E-state index in [1.54, 1.807) is 14.2 Å². The van der Waals surface area contributed by atoms with E-state index in [1.807, 2.05) is 39.1 Å². The highest BCUT2D eigenvalue weighted by atomic mass is 16.5. The van der Waals surface area contributed by atoms with Crippen molar-refractivity contribution in [2.24, 2.45) is 10.9 Å². The zero-order valence-electron chi connectivity index (χ0n) is 15.5. The molecule has 0 bridgehead atoms. The minimum absolute atomic E-state index is 0.151. The first kappa shape index (κ1) is 20.1. The Balaban J connectivity index is 2.69. The van der Waals surface area contributed by atoms with Crippen molar-refractivity contribution in [2.45, 2.75) is 20.3 Å². The molecule has 0 aliphatic heterocycles. The summed E-state index contributed by atoms with van der Waals surface area (Å²) in [7, 11) is 5.30. The molecule has 0 aliphatic rings. The smallest absolute Gasteiger partial charge is 0.193 e. The normalized spacial score (nSPS) is 12.7. The average Bonchev–Trinajstić information content (AvgIpc) is 2.62. The highest BCUT2D eigenvalue weighted by Crippen LogP contribution is 2.27. The summed E-state index contributed by atoms with van der Waals surface area (Å²) < 4.78 is 10.6. The van der Waals surface area contributed by atoms with Crippen LogP contribution in [0.3, 0.4) is 0 Å². The van der Waals surface area contributed by atoms with Crippen molar-refractivity contribution in [3.8, 4) is 11.5 Å². The minimum atomic E-state index is 0.151. The lowest BCUT2D eigenvalue weighted by Gasteiger charge is -2.22. The van der Waals surface area contributed by atoms with E-state index < -0.39 is 0 Å². The highest BCUT2D eigenvalue weighted by molar-refractivity contribution is 5.79. The van der Waals surface area contributed by atoms with Crippen LogP contribution in [0.4, 0.5) is 0 Å². The molecule has 0 radical (unpaired) electrons. The van der Waals surface area contributed by atoms with Crippen LogP contribution in [0.5, 0.6) is 11.5 Å². The summed E-state index contributed by atoms with van der Waals surface area (Å²) in [6.07, 6.45) is 0.872. The summed E-state index contributed by atoms with van der Waals surface area (Å²) in [5.41, 5.74) is 1.18. The van der Waals surface area contributed by atoms with Crippen molar-refractivity contribution in [2.75, 3.05) is 47.5 Å². The van der Waals surface area contributed by atoms with Crippen molar-refractivity contribution in [3.05, 3.63) is 23.8 Å². The third-order valence-electron chi connectivity index (χ3n) is 3.74. The fourth-order valence-electron chi connectivity index (χ4n) is 2.21. The zero-order valence-corrected chi connectivity index (χ0v) is 15.5. The molecule has 136 valence electrons. The van der Waals surface area contributed by atoms with Gasteiger partial charge in [-0.3, -0.25) is 4.99 Å². The Labute approximate surface area is 145 Å². The standard InChI is InChI=1S/C18H31N3O3/c1-6-19-18(20-12-14(2)13-22)21(3)10-9-15-7-8-16(23-4)17(11-15)24-5/h7-8,11,14,22H,6,9-10,12-13H2,1-5H3,(H,19,20). The van der Waals surface area contributed by atoms with Crippen molar-refractivity contribution in [3.63, 3.8) is 0 Å². The van der Waals surface area contributed by atoms with Crippen LogP contribution in [0.2, 0.25) is 0 Å². The SMILES string of the molecule is CCNC(=NCC(C)CO)N(C)CCc1ccc(OC)c(OC)c1. The Kier molecular flexibility index (Phi) is 9.01. The summed E-state index contributed by atoms with van der Waals surface area (Å²) in [5.74, 6) is 2.51. The third-order valence-corrected chi connectivity index (χ3v) is 3.74. The van der Waals surface area contributed by atoms with Gasteiger partial charge in [0.1, 0.15) is 0 Å². The zero-order chi connectivity index (χ0) is 17.9. The molecule has 0 saturated heterocycles. The van der Waals surface area contributed by atoms with E-state index in [0.717, 1.165) is 37.0 Å². The number of aliphatic hydroxyl groups excluding tert-OH is 1. The van der Waals surface area contributed by atoms with E-state index in [0.29, 0.717) is 6.54 Å². The Morgan fingerprint density at radius 3 is 2.58 bits per heavy atom. The van der Waals surface area contributed by atoms with Gasteiger partial charge in [-0.15, -0.1) is 0 Å². The molecule has 2 N–H and O–H groups in total. The Bertz CT molecular complexity index is 520. The maximum Gasteiger partial charge on any atom is 0.193 e. The summed E-state index contributed by atoms with van der Waals surface area (Å²) in [4.78, 5) is 6.69. The van der Waals surface area contributed by atoms with Gasteiger partial charge in [-0.25, -0.2) is 0 Å². The van der Waals surface area contributed by atoms with E-state index in [9.17, 15) is 0 Å². The molecule has 0 aromatic heterocycles. The van der Waals surface area contributed by atoms with Gasteiger partial charge in [0, 0.05) is 33.3 Å². The van der Waals surface area contributed by atoms with Crippen molar-refractivity contribution in [1.82, 2.24) is 10.2 Å². The molecule has 1 atom stereocenters. The van der Waals surface area contributed by atoms with Gasteiger partial charge in [0.25, 0.3) is 0 Å². The molecular weight excluding hydrogens is 306 g/mol. The molecular formula is C18H31N3O3. The maximum atomic E-state index is 9.13. The molecule has 0 saturated carbocycles. The van der Waals surface area contributed by atoms with E-state index >= 15 is 0 Å². The Hall–Kier alpha value is -1.95. The van der Waals surface area contributed by atoms with Crippen LogP contribution in [0.25, 0.3) is 0 Å². The summed E-state index contributed by atoms with van der Waals surface area (Å²) >= 11 is 0. The lowest BCUT2D eigenvalue weighted by atomic mass is 10.1. The number of ether oxygens (including phenoxy) is 2. The van der Waals surface area contributed by atoms with Gasteiger partial charge in [-0.05, 0) is 37.0 Å². The number of aliphatic imine (C=N–C) groups is 1. The van der Waals surface area contributed by atoms with Crippen LogP contribution in [0, 0.1) is 5.92 Å². The molecule has 1 rings (SSSR count). The fraction of sp³-hybridized carbons (Fsp3) is 0.611. The maximum absolute atomic E-state index is 9.13. The molecule has 6 nitrogen and oxygen atoms in total. The molecule has 6 heteroatoms. The molecule has 1 unspecified atom stereocenters. The summed E-state index contributed by atoms with van der Waals surface area (Å²) in [5, 5.41) is 12.4. The van der Waals surface area contributed by atoms with Crippen LogP contribution in [-0.2, 0) is 6.42 Å². The predicted octanol–water partition coefficient (Wildman–Crippen LogP) is 1.77. The van der Waals surface area contributed by atoms with Gasteiger partial charge in [0.05, 0.1) is 14.2 Å². The topological polar surface area (TPSA) is 66.3 Å². The van der Waals surface area contributed by atoms with Crippen LogP contribution in [0.1, 0.15) is 19.4 Å². The van der Waals surface area contributed by atoms with Gasteiger partial charge in [-0.2, -0.15) is 0 Å². The fourth-order valence-corrected chi connectivity index (χ4v) is 2.21. The van der Waals surface area contributed by atoms with Crippen molar-refractivity contribution < 1.29 is 14.6 Å². The van der Waals surface area contributed by atoms with Crippen LogP contribution < -0.4 is 14.8 Å². The second kappa shape index (κ2) is 10.8. The molecule has 0 spiro atoms. The number of guanidine groups is 1. The minimum Gasteiger partial charge on any atom is -0.493 e. The first-order chi connectivity index (χ1) is 11.5. The van der Waals surface area contributed by atoms with Gasteiger partial charge >= 0.3 is 0 Å². The summed E-state index contributed by atoms with van der Waals surface area (Å²) in [6, 6.07) is 5.98. The van der Waals surface area contributed by atoms with Crippen LogP contribution in [-0.4, -0.2) is 63.5 Å². The van der Waals surface area contributed by atoms with E-state index in [4.69, 9.17) is 14.6 Å².